The zero-order valence-electron chi connectivity index (χ0n) is 12.2. The predicted octanol–water partition coefficient (Wildman–Crippen LogP) is 2.93. The quantitative estimate of drug-likeness (QED) is 0.775. The molecular weight excluding hydrogens is 276 g/mol. The van der Waals surface area contributed by atoms with Crippen LogP contribution in [0.5, 0.6) is 0 Å². The third kappa shape index (κ3) is 2.88. The first kappa shape index (κ1) is 14.0. The highest BCUT2D eigenvalue weighted by Gasteiger charge is 2.07. The molecular formula is C17H16N4O. The Bertz CT molecular complexity index is 810. The van der Waals surface area contributed by atoms with Gasteiger partial charge in [0.2, 0.25) is 5.95 Å². The van der Waals surface area contributed by atoms with Gasteiger partial charge in [-0.1, -0.05) is 54.6 Å². The molecule has 3 aromatic rings. The summed E-state index contributed by atoms with van der Waals surface area (Å²) in [5, 5.41) is 10.9. The van der Waals surface area contributed by atoms with Crippen LogP contribution in [0.2, 0.25) is 0 Å². The summed E-state index contributed by atoms with van der Waals surface area (Å²) in [5.41, 5.74) is 3.05. The fraction of sp³-hybridized carbons (Fsp3) is 0.118. The van der Waals surface area contributed by atoms with E-state index in [0.717, 1.165) is 16.7 Å². The van der Waals surface area contributed by atoms with Crippen molar-refractivity contribution in [2.75, 3.05) is 11.9 Å². The summed E-state index contributed by atoms with van der Waals surface area (Å²) in [6.07, 6.45) is 0. The van der Waals surface area contributed by atoms with Crippen LogP contribution in [-0.4, -0.2) is 21.7 Å². The molecule has 1 heterocycles. The summed E-state index contributed by atoms with van der Waals surface area (Å²) < 4.78 is 0. The highest BCUT2D eigenvalue weighted by atomic mass is 16.1. The second kappa shape index (κ2) is 6.22. The molecule has 3 rings (SSSR count). The summed E-state index contributed by atoms with van der Waals surface area (Å²) in [5.74, 6) is 0.386. The molecule has 110 valence electrons. The summed E-state index contributed by atoms with van der Waals surface area (Å²) in [7, 11) is 0. The number of nitrogens with zero attached hydrogens (tertiary/aromatic N) is 2. The number of anilines is 1. The van der Waals surface area contributed by atoms with E-state index in [1.165, 1.54) is 0 Å². The average Bonchev–Trinajstić information content (AvgIpc) is 2.56. The van der Waals surface area contributed by atoms with Crippen molar-refractivity contribution < 1.29 is 0 Å². The molecule has 0 spiro atoms. The fourth-order valence-corrected chi connectivity index (χ4v) is 2.22. The monoisotopic (exact) mass is 292 g/mol. The van der Waals surface area contributed by atoms with Gasteiger partial charge in [0.15, 0.2) is 5.69 Å². The van der Waals surface area contributed by atoms with Gasteiger partial charge in [0.05, 0.1) is 0 Å². The Morgan fingerprint density at radius 2 is 1.55 bits per heavy atom. The maximum Gasteiger partial charge on any atom is 0.279 e. The third-order valence-corrected chi connectivity index (χ3v) is 3.31. The normalized spacial score (nSPS) is 10.4. The van der Waals surface area contributed by atoms with Gasteiger partial charge in [0.25, 0.3) is 5.56 Å². The van der Waals surface area contributed by atoms with Crippen LogP contribution >= 0.6 is 0 Å². The summed E-state index contributed by atoms with van der Waals surface area (Å²) in [4.78, 5) is 14.8. The molecule has 0 atom stereocenters. The summed E-state index contributed by atoms with van der Waals surface area (Å²) in [6, 6.07) is 17.8. The number of H-pyrrole nitrogens is 1. The van der Waals surface area contributed by atoms with E-state index in [4.69, 9.17) is 0 Å². The van der Waals surface area contributed by atoms with E-state index in [2.05, 4.69) is 20.5 Å². The zero-order chi connectivity index (χ0) is 15.4. The molecule has 0 radical (unpaired) electrons. The highest BCUT2D eigenvalue weighted by molar-refractivity contribution is 5.68. The van der Waals surface area contributed by atoms with Gasteiger partial charge in [0, 0.05) is 12.1 Å². The number of benzene rings is 2. The minimum Gasteiger partial charge on any atom is -0.355 e. The molecule has 0 aliphatic heterocycles. The molecule has 22 heavy (non-hydrogen) atoms. The van der Waals surface area contributed by atoms with Crippen molar-refractivity contribution >= 4 is 5.95 Å². The number of hydrogen-bond donors (Lipinski definition) is 2. The maximum absolute atomic E-state index is 12.1. The zero-order valence-corrected chi connectivity index (χ0v) is 12.2. The van der Waals surface area contributed by atoms with Crippen LogP contribution in [0.15, 0.2) is 59.4 Å². The second-order valence-corrected chi connectivity index (χ2v) is 4.83. The molecule has 0 fully saturated rings. The Balaban J connectivity index is 1.92. The minimum absolute atomic E-state index is 0.251. The number of aromatic nitrogens is 3. The standard InChI is InChI=1S/C17H16N4O/c1-2-18-17-19-16(22)15(20-21-17)14-10-8-13(9-11-14)12-6-4-3-5-7-12/h3-11H,2H2,1H3,(H2,18,19,21,22). The first-order valence-electron chi connectivity index (χ1n) is 7.14. The number of nitrogens with one attached hydrogen (secondary N) is 2. The van der Waals surface area contributed by atoms with Crippen molar-refractivity contribution in [3.63, 3.8) is 0 Å². The van der Waals surface area contributed by atoms with Crippen LogP contribution in [0, 0.1) is 0 Å². The maximum atomic E-state index is 12.1. The van der Waals surface area contributed by atoms with Gasteiger partial charge in [-0.3, -0.25) is 9.78 Å². The molecule has 0 bridgehead atoms. The molecule has 5 heteroatoms. The van der Waals surface area contributed by atoms with Crippen molar-refractivity contribution in [1.82, 2.24) is 15.2 Å². The Labute approximate surface area is 128 Å². The number of hydrogen-bond acceptors (Lipinski definition) is 4. The van der Waals surface area contributed by atoms with E-state index in [9.17, 15) is 4.79 Å². The van der Waals surface area contributed by atoms with Gasteiger partial charge < -0.3 is 5.32 Å². The first-order chi connectivity index (χ1) is 10.8. The van der Waals surface area contributed by atoms with E-state index in [1.54, 1.807) is 0 Å². The number of rotatable bonds is 4. The molecule has 5 nitrogen and oxygen atoms in total. The van der Waals surface area contributed by atoms with Gasteiger partial charge in [-0.05, 0) is 18.1 Å². The van der Waals surface area contributed by atoms with Gasteiger partial charge in [-0.15, -0.1) is 10.2 Å². The van der Waals surface area contributed by atoms with E-state index in [-0.39, 0.29) is 5.56 Å². The highest BCUT2D eigenvalue weighted by Crippen LogP contribution is 2.22. The minimum atomic E-state index is -0.251. The van der Waals surface area contributed by atoms with E-state index < -0.39 is 0 Å². The van der Waals surface area contributed by atoms with Crippen LogP contribution in [0.3, 0.4) is 0 Å². The molecule has 0 saturated carbocycles. The lowest BCUT2D eigenvalue weighted by Crippen LogP contribution is -2.16. The van der Waals surface area contributed by atoms with Gasteiger partial charge in [-0.2, -0.15) is 0 Å². The molecule has 0 aliphatic carbocycles. The smallest absolute Gasteiger partial charge is 0.279 e. The van der Waals surface area contributed by atoms with Crippen LogP contribution < -0.4 is 10.9 Å². The molecule has 0 amide bonds. The second-order valence-electron chi connectivity index (χ2n) is 4.83. The lowest BCUT2D eigenvalue weighted by molar-refractivity contribution is 0.940. The van der Waals surface area contributed by atoms with E-state index in [0.29, 0.717) is 18.2 Å². The SMILES string of the molecule is CCNc1nnc(-c2ccc(-c3ccccc3)cc2)c(=O)[nH]1. The lowest BCUT2D eigenvalue weighted by Gasteiger charge is -2.05. The third-order valence-electron chi connectivity index (χ3n) is 3.31. The van der Waals surface area contributed by atoms with Gasteiger partial charge in [0.1, 0.15) is 0 Å². The molecule has 0 unspecified atom stereocenters. The first-order valence-corrected chi connectivity index (χ1v) is 7.14. The van der Waals surface area contributed by atoms with E-state index in [1.807, 2.05) is 61.5 Å². The molecule has 2 N–H and O–H groups in total. The largest absolute Gasteiger partial charge is 0.355 e. The van der Waals surface area contributed by atoms with Gasteiger partial charge in [-0.25, -0.2) is 0 Å². The van der Waals surface area contributed by atoms with Crippen molar-refractivity contribution in [2.45, 2.75) is 6.92 Å². The topological polar surface area (TPSA) is 70.7 Å². The Morgan fingerprint density at radius 3 is 2.18 bits per heavy atom. The molecule has 2 aromatic carbocycles. The van der Waals surface area contributed by atoms with Crippen LogP contribution in [0.1, 0.15) is 6.92 Å². The summed E-state index contributed by atoms with van der Waals surface area (Å²) in [6.45, 7) is 2.60. The van der Waals surface area contributed by atoms with Crippen LogP contribution in [-0.2, 0) is 0 Å². The van der Waals surface area contributed by atoms with Crippen molar-refractivity contribution in [3.8, 4) is 22.4 Å². The fourth-order valence-electron chi connectivity index (χ4n) is 2.22. The van der Waals surface area contributed by atoms with E-state index >= 15 is 0 Å². The Hall–Kier alpha value is -2.95. The van der Waals surface area contributed by atoms with Gasteiger partial charge >= 0.3 is 0 Å². The van der Waals surface area contributed by atoms with Crippen molar-refractivity contribution in [2.24, 2.45) is 0 Å². The van der Waals surface area contributed by atoms with Crippen molar-refractivity contribution in [1.29, 1.82) is 0 Å². The Kier molecular flexibility index (Phi) is 3.96. The predicted molar refractivity (Wildman–Crippen MR) is 87.7 cm³/mol. The molecule has 1 aromatic heterocycles. The van der Waals surface area contributed by atoms with Crippen LogP contribution in [0.25, 0.3) is 22.4 Å². The number of aromatic amines is 1. The summed E-state index contributed by atoms with van der Waals surface area (Å²) >= 11 is 0. The van der Waals surface area contributed by atoms with Crippen molar-refractivity contribution in [3.05, 3.63) is 65.0 Å². The molecule has 0 saturated heterocycles. The molecule has 0 aliphatic rings. The Morgan fingerprint density at radius 1 is 0.909 bits per heavy atom. The average molecular weight is 292 g/mol. The van der Waals surface area contributed by atoms with Crippen LogP contribution in [0.4, 0.5) is 5.95 Å². The lowest BCUT2D eigenvalue weighted by atomic mass is 10.0.